The molecule has 9 nitrogen and oxygen atoms in total. The van der Waals surface area contributed by atoms with E-state index in [1.54, 1.807) is 42.4 Å². The van der Waals surface area contributed by atoms with Crippen molar-refractivity contribution in [3.05, 3.63) is 39.8 Å². The van der Waals surface area contributed by atoms with Crippen LogP contribution in [0.2, 0.25) is 5.02 Å². The van der Waals surface area contributed by atoms with E-state index >= 15 is 0 Å². The summed E-state index contributed by atoms with van der Waals surface area (Å²) in [5, 5.41) is 25.3. The van der Waals surface area contributed by atoms with Crippen LogP contribution in [-0.2, 0) is 41.4 Å². The molecule has 168 valence electrons. The van der Waals surface area contributed by atoms with Gasteiger partial charge in [0.25, 0.3) is 10.1 Å². The van der Waals surface area contributed by atoms with Gasteiger partial charge in [0.1, 0.15) is 5.69 Å². The average molecular weight is 470 g/mol. The molecule has 2 aromatic heterocycles. The van der Waals surface area contributed by atoms with E-state index in [1.807, 2.05) is 0 Å². The lowest BCUT2D eigenvalue weighted by molar-refractivity contribution is 0.0685. The Morgan fingerprint density at radius 2 is 1.94 bits per heavy atom. The zero-order valence-corrected chi connectivity index (χ0v) is 19.2. The lowest BCUT2D eigenvalue weighted by Gasteiger charge is -2.11. The topological polar surface area (TPSA) is 124 Å². The highest BCUT2D eigenvalue weighted by Gasteiger charge is 2.26. The van der Waals surface area contributed by atoms with Crippen molar-refractivity contribution in [2.45, 2.75) is 26.4 Å². The van der Waals surface area contributed by atoms with Gasteiger partial charge in [-0.05, 0) is 31.4 Å². The monoisotopic (exact) mass is 469 g/mol. The number of carboxylic acids is 1. The maximum atomic E-state index is 12.1. The summed E-state index contributed by atoms with van der Waals surface area (Å²) in [6, 6.07) is 3.44. The van der Waals surface area contributed by atoms with Crippen molar-refractivity contribution in [2.75, 3.05) is 12.9 Å². The second-order valence-corrected chi connectivity index (χ2v) is 9.38. The summed E-state index contributed by atoms with van der Waals surface area (Å²) in [5.74, 6) is -1.11. The first-order valence-corrected chi connectivity index (χ1v) is 11.7. The van der Waals surface area contributed by atoms with Crippen molar-refractivity contribution >= 4 is 38.6 Å². The summed E-state index contributed by atoms with van der Waals surface area (Å²) in [4.78, 5) is 12.1. The molecule has 0 spiro atoms. The molecular formula is C20H24ClN3O6S. The van der Waals surface area contributed by atoms with Crippen LogP contribution in [0.15, 0.2) is 12.1 Å². The number of aliphatic hydroxyl groups excluding tert-OH is 1. The number of aliphatic hydroxyl groups is 1. The molecule has 31 heavy (non-hydrogen) atoms. The molecule has 0 aliphatic carbocycles. The molecule has 0 aliphatic rings. The number of carbonyl (C=O) groups is 1. The smallest absolute Gasteiger partial charge is 0.352 e. The predicted octanol–water partition coefficient (Wildman–Crippen LogP) is 2.64. The fourth-order valence-corrected chi connectivity index (χ4v) is 4.70. The van der Waals surface area contributed by atoms with Gasteiger partial charge in [-0.25, -0.2) is 4.79 Å². The number of carboxylic acid groups (broad SMARTS) is 1. The van der Waals surface area contributed by atoms with Crippen molar-refractivity contribution in [1.82, 2.24) is 14.3 Å². The molecule has 1 aromatic carbocycles. The third-order valence-corrected chi connectivity index (χ3v) is 6.13. The van der Waals surface area contributed by atoms with E-state index in [0.717, 1.165) is 6.26 Å². The molecule has 2 N–H and O–H groups in total. The molecule has 2 heterocycles. The van der Waals surface area contributed by atoms with Crippen LogP contribution in [0.1, 0.15) is 33.9 Å². The number of aromatic carboxylic acids is 1. The first-order valence-electron chi connectivity index (χ1n) is 9.49. The first kappa shape index (κ1) is 23.3. The molecule has 3 aromatic rings. The summed E-state index contributed by atoms with van der Waals surface area (Å²) < 4.78 is 30.3. The van der Waals surface area contributed by atoms with Gasteiger partial charge in [-0.1, -0.05) is 17.7 Å². The molecule has 0 unspecified atom stereocenters. The third-order valence-electron chi connectivity index (χ3n) is 5.22. The number of aryl methyl sites for hydroxylation is 4. The summed E-state index contributed by atoms with van der Waals surface area (Å²) in [6.45, 7) is 1.49. The fraction of sp³-hybridized carbons (Fsp3) is 0.400. The normalized spacial score (nSPS) is 12.1. The molecule has 3 rings (SSSR count). The van der Waals surface area contributed by atoms with Gasteiger partial charge in [-0.15, -0.1) is 0 Å². The highest BCUT2D eigenvalue weighted by Crippen LogP contribution is 2.41. The number of benzene rings is 1. The summed E-state index contributed by atoms with van der Waals surface area (Å²) >= 11 is 6.57. The molecule has 0 amide bonds. The maximum Gasteiger partial charge on any atom is 0.352 e. The zero-order chi connectivity index (χ0) is 23.1. The van der Waals surface area contributed by atoms with E-state index in [-0.39, 0.29) is 18.9 Å². The van der Waals surface area contributed by atoms with Gasteiger partial charge in [-0.2, -0.15) is 13.5 Å². The van der Waals surface area contributed by atoms with Crippen molar-refractivity contribution in [1.29, 1.82) is 0 Å². The van der Waals surface area contributed by atoms with Crippen LogP contribution >= 0.6 is 11.6 Å². The van der Waals surface area contributed by atoms with Gasteiger partial charge in [0.2, 0.25) is 0 Å². The maximum absolute atomic E-state index is 12.1. The third kappa shape index (κ3) is 4.33. The number of fused-ring (bicyclic) bond motifs is 1. The van der Waals surface area contributed by atoms with Gasteiger partial charge >= 0.3 is 5.97 Å². The van der Waals surface area contributed by atoms with Crippen LogP contribution in [0.3, 0.4) is 0 Å². The lowest BCUT2D eigenvalue weighted by atomic mass is 9.98. The first-order chi connectivity index (χ1) is 14.5. The second-order valence-electron chi connectivity index (χ2n) is 7.33. The quantitative estimate of drug-likeness (QED) is 0.384. The van der Waals surface area contributed by atoms with E-state index in [9.17, 15) is 23.4 Å². The van der Waals surface area contributed by atoms with Crippen molar-refractivity contribution < 1.29 is 27.6 Å². The number of rotatable bonds is 8. The second kappa shape index (κ2) is 8.62. The Labute approximate surface area is 184 Å². The standard InChI is InChI=1S/C20H24ClN3O6S/c1-11-16(15(10-25)24(3)22-11)17-14(21)8-7-13-12(6-5-9-30-31(4,28)29)19(20(26)27)23(2)18(13)17/h7-8,25H,5-6,9-10H2,1-4H3,(H,26,27). The van der Waals surface area contributed by atoms with E-state index in [4.69, 9.17) is 15.8 Å². The molecule has 0 saturated carbocycles. The molecule has 0 saturated heterocycles. The van der Waals surface area contributed by atoms with Gasteiger partial charge in [0, 0.05) is 30.6 Å². The van der Waals surface area contributed by atoms with Crippen molar-refractivity contribution in [3.8, 4) is 11.1 Å². The van der Waals surface area contributed by atoms with Crippen LogP contribution < -0.4 is 0 Å². The van der Waals surface area contributed by atoms with Crippen LogP contribution in [0.5, 0.6) is 0 Å². The Balaban J connectivity index is 2.24. The Kier molecular flexibility index (Phi) is 6.47. The Hall–Kier alpha value is -2.40. The van der Waals surface area contributed by atoms with Gasteiger partial charge < -0.3 is 14.8 Å². The largest absolute Gasteiger partial charge is 0.477 e. The van der Waals surface area contributed by atoms with E-state index in [0.29, 0.717) is 56.8 Å². The summed E-state index contributed by atoms with van der Waals surface area (Å²) in [5.41, 5.74) is 3.73. The predicted molar refractivity (Wildman–Crippen MR) is 117 cm³/mol. The van der Waals surface area contributed by atoms with Crippen LogP contribution in [0.4, 0.5) is 0 Å². The van der Waals surface area contributed by atoms with Gasteiger partial charge in [0.05, 0.1) is 41.4 Å². The Morgan fingerprint density at radius 3 is 2.52 bits per heavy atom. The molecule has 0 aliphatic heterocycles. The van der Waals surface area contributed by atoms with Crippen LogP contribution in [0, 0.1) is 6.92 Å². The molecule has 0 atom stereocenters. The van der Waals surface area contributed by atoms with Crippen LogP contribution in [0.25, 0.3) is 22.0 Å². The van der Waals surface area contributed by atoms with Gasteiger partial charge in [0.15, 0.2) is 0 Å². The average Bonchev–Trinajstić information content (AvgIpc) is 3.10. The highest BCUT2D eigenvalue weighted by molar-refractivity contribution is 7.85. The van der Waals surface area contributed by atoms with E-state index in [1.165, 1.54) is 0 Å². The minimum Gasteiger partial charge on any atom is -0.477 e. The number of aromatic nitrogens is 3. The molecule has 11 heteroatoms. The summed E-state index contributed by atoms with van der Waals surface area (Å²) in [6.07, 6.45) is 1.59. The fourth-order valence-electron chi connectivity index (χ4n) is 4.04. The number of halogens is 1. The number of nitrogens with zero attached hydrogens (tertiary/aromatic N) is 3. The molecular weight excluding hydrogens is 446 g/mol. The van der Waals surface area contributed by atoms with E-state index < -0.39 is 16.1 Å². The SMILES string of the molecule is Cc1nn(C)c(CO)c1-c1c(Cl)ccc2c(CCCOS(C)(=O)=O)c(C(=O)O)n(C)c12. The van der Waals surface area contributed by atoms with Crippen molar-refractivity contribution in [2.24, 2.45) is 14.1 Å². The zero-order valence-electron chi connectivity index (χ0n) is 17.6. The minimum absolute atomic E-state index is 0.0505. The summed E-state index contributed by atoms with van der Waals surface area (Å²) in [7, 11) is -0.208. The molecule has 0 bridgehead atoms. The Bertz CT molecular complexity index is 1280. The highest BCUT2D eigenvalue weighted by atomic mass is 35.5. The van der Waals surface area contributed by atoms with E-state index in [2.05, 4.69) is 5.10 Å². The van der Waals surface area contributed by atoms with Crippen LogP contribution in [-0.4, -0.2) is 51.8 Å². The Morgan fingerprint density at radius 1 is 1.26 bits per heavy atom. The number of hydrogen-bond acceptors (Lipinski definition) is 6. The molecule has 0 fully saturated rings. The number of hydrogen-bond donors (Lipinski definition) is 2. The minimum atomic E-state index is -3.57. The van der Waals surface area contributed by atoms with Crippen molar-refractivity contribution in [3.63, 3.8) is 0 Å². The lowest BCUT2D eigenvalue weighted by Crippen LogP contribution is -2.09. The van der Waals surface area contributed by atoms with Gasteiger partial charge in [-0.3, -0.25) is 8.86 Å². The molecule has 0 radical (unpaired) electrons.